The second-order valence-electron chi connectivity index (χ2n) is 6.04. The van der Waals surface area contributed by atoms with Gasteiger partial charge in [-0.15, -0.1) is 0 Å². The van der Waals surface area contributed by atoms with E-state index in [1.54, 1.807) is 6.26 Å². The van der Waals surface area contributed by atoms with E-state index < -0.39 is 0 Å². The van der Waals surface area contributed by atoms with Gasteiger partial charge in [-0.1, -0.05) is 48.5 Å². The number of carbonyl (C=O) groups excluding carboxylic acids is 1. The number of furan rings is 1. The standard InChI is InChI=1S/C21H22N2O2/c1-16(20-13-8-14-25-20)22-21(24)15-23(2)19-12-7-6-11-18(19)17-9-4-3-5-10-17/h3-14,16H,15H2,1-2H3,(H,22,24). The summed E-state index contributed by atoms with van der Waals surface area (Å²) in [6.45, 7) is 2.18. The molecule has 1 aromatic heterocycles. The molecule has 1 unspecified atom stereocenters. The second-order valence-corrected chi connectivity index (χ2v) is 6.04. The Labute approximate surface area is 148 Å². The van der Waals surface area contributed by atoms with Gasteiger partial charge in [0.2, 0.25) is 5.91 Å². The molecule has 1 N–H and O–H groups in total. The molecule has 25 heavy (non-hydrogen) atoms. The van der Waals surface area contributed by atoms with Crippen molar-refractivity contribution in [1.82, 2.24) is 5.32 Å². The van der Waals surface area contributed by atoms with Gasteiger partial charge in [0, 0.05) is 18.3 Å². The van der Waals surface area contributed by atoms with Crippen LogP contribution in [0.1, 0.15) is 18.7 Å². The molecule has 0 fully saturated rings. The molecule has 1 heterocycles. The Bertz CT molecular complexity index is 813. The molecule has 4 nitrogen and oxygen atoms in total. The Hall–Kier alpha value is -3.01. The van der Waals surface area contributed by atoms with Crippen LogP contribution in [0.5, 0.6) is 0 Å². The highest BCUT2D eigenvalue weighted by Crippen LogP contribution is 2.29. The Morgan fingerprint density at radius 2 is 1.76 bits per heavy atom. The largest absolute Gasteiger partial charge is 0.467 e. The highest BCUT2D eigenvalue weighted by atomic mass is 16.3. The SMILES string of the molecule is CC(NC(=O)CN(C)c1ccccc1-c1ccccc1)c1ccco1. The van der Waals surface area contributed by atoms with Crippen LogP contribution in [0.25, 0.3) is 11.1 Å². The third-order valence-corrected chi connectivity index (χ3v) is 4.13. The number of rotatable bonds is 6. The number of amides is 1. The minimum atomic E-state index is -0.153. The molecule has 0 radical (unpaired) electrons. The fraction of sp³-hybridized carbons (Fsp3) is 0.190. The predicted octanol–water partition coefficient (Wildman–Crippen LogP) is 4.26. The molecule has 2 aromatic carbocycles. The summed E-state index contributed by atoms with van der Waals surface area (Å²) in [6.07, 6.45) is 1.61. The Morgan fingerprint density at radius 1 is 1.04 bits per heavy atom. The lowest BCUT2D eigenvalue weighted by Gasteiger charge is -2.23. The minimum absolute atomic E-state index is 0.0470. The van der Waals surface area contributed by atoms with Crippen LogP contribution in [0.2, 0.25) is 0 Å². The number of anilines is 1. The Balaban J connectivity index is 1.71. The van der Waals surface area contributed by atoms with Crippen molar-refractivity contribution in [3.05, 3.63) is 78.8 Å². The van der Waals surface area contributed by atoms with Crippen molar-refractivity contribution in [2.75, 3.05) is 18.5 Å². The molecule has 128 valence electrons. The average Bonchev–Trinajstić information content (AvgIpc) is 3.17. The lowest BCUT2D eigenvalue weighted by Crippen LogP contribution is -2.36. The summed E-state index contributed by atoms with van der Waals surface area (Å²) >= 11 is 0. The molecule has 0 bridgehead atoms. The van der Waals surface area contributed by atoms with Crippen molar-refractivity contribution in [1.29, 1.82) is 0 Å². The third-order valence-electron chi connectivity index (χ3n) is 4.13. The molecule has 0 aliphatic carbocycles. The zero-order valence-electron chi connectivity index (χ0n) is 14.5. The maximum absolute atomic E-state index is 12.4. The van der Waals surface area contributed by atoms with E-state index in [9.17, 15) is 4.79 Å². The van der Waals surface area contributed by atoms with Crippen molar-refractivity contribution in [3.8, 4) is 11.1 Å². The first kappa shape index (κ1) is 16.8. The highest BCUT2D eigenvalue weighted by molar-refractivity contribution is 5.85. The quantitative estimate of drug-likeness (QED) is 0.732. The van der Waals surface area contributed by atoms with E-state index in [0.29, 0.717) is 0 Å². The molecule has 0 saturated heterocycles. The van der Waals surface area contributed by atoms with Gasteiger partial charge in [0.1, 0.15) is 5.76 Å². The van der Waals surface area contributed by atoms with E-state index in [0.717, 1.165) is 22.6 Å². The van der Waals surface area contributed by atoms with Crippen LogP contribution in [0, 0.1) is 0 Å². The number of nitrogens with one attached hydrogen (secondary N) is 1. The third kappa shape index (κ3) is 4.10. The first-order chi connectivity index (χ1) is 12.1. The van der Waals surface area contributed by atoms with E-state index in [-0.39, 0.29) is 18.5 Å². The molecule has 1 amide bonds. The van der Waals surface area contributed by atoms with Gasteiger partial charge in [-0.3, -0.25) is 4.79 Å². The van der Waals surface area contributed by atoms with Gasteiger partial charge >= 0.3 is 0 Å². The molecular weight excluding hydrogens is 312 g/mol. The van der Waals surface area contributed by atoms with Gasteiger partial charge in [-0.25, -0.2) is 0 Å². The summed E-state index contributed by atoms with van der Waals surface area (Å²) in [5.74, 6) is 0.704. The van der Waals surface area contributed by atoms with Crippen LogP contribution in [-0.4, -0.2) is 19.5 Å². The van der Waals surface area contributed by atoms with Gasteiger partial charge < -0.3 is 14.6 Å². The molecule has 0 aliphatic rings. The number of hydrogen-bond donors (Lipinski definition) is 1. The van der Waals surface area contributed by atoms with Crippen molar-refractivity contribution in [2.45, 2.75) is 13.0 Å². The molecule has 3 rings (SSSR count). The molecular formula is C21H22N2O2. The van der Waals surface area contributed by atoms with E-state index in [1.165, 1.54) is 0 Å². The first-order valence-electron chi connectivity index (χ1n) is 8.33. The smallest absolute Gasteiger partial charge is 0.240 e. The van der Waals surface area contributed by atoms with E-state index in [4.69, 9.17) is 4.42 Å². The zero-order valence-corrected chi connectivity index (χ0v) is 14.5. The van der Waals surface area contributed by atoms with Crippen molar-refractivity contribution in [2.24, 2.45) is 0 Å². The summed E-state index contributed by atoms with van der Waals surface area (Å²) in [5.41, 5.74) is 3.27. The molecule has 3 aromatic rings. The monoisotopic (exact) mass is 334 g/mol. The highest BCUT2D eigenvalue weighted by Gasteiger charge is 2.15. The fourth-order valence-electron chi connectivity index (χ4n) is 2.86. The number of carbonyl (C=O) groups is 1. The number of benzene rings is 2. The van der Waals surface area contributed by atoms with Gasteiger partial charge in [-0.2, -0.15) is 0 Å². The number of para-hydroxylation sites is 1. The topological polar surface area (TPSA) is 45.5 Å². The number of nitrogens with zero attached hydrogens (tertiary/aromatic N) is 1. The molecule has 4 heteroatoms. The van der Waals surface area contributed by atoms with Crippen LogP contribution in [0.3, 0.4) is 0 Å². The van der Waals surface area contributed by atoms with Gasteiger partial charge in [0.05, 0.1) is 18.8 Å². The summed E-state index contributed by atoms with van der Waals surface area (Å²) < 4.78 is 5.33. The maximum atomic E-state index is 12.4. The molecule has 0 saturated carbocycles. The normalized spacial score (nSPS) is 11.8. The van der Waals surface area contributed by atoms with E-state index in [1.807, 2.05) is 67.4 Å². The lowest BCUT2D eigenvalue weighted by molar-refractivity contribution is -0.120. The van der Waals surface area contributed by atoms with Crippen molar-refractivity contribution >= 4 is 11.6 Å². The molecule has 0 spiro atoms. The Kier molecular flexibility index (Phi) is 5.19. The van der Waals surface area contributed by atoms with Crippen LogP contribution < -0.4 is 10.2 Å². The maximum Gasteiger partial charge on any atom is 0.240 e. The van der Waals surface area contributed by atoms with Gasteiger partial charge in [0.25, 0.3) is 0 Å². The summed E-state index contributed by atoms with van der Waals surface area (Å²) in [5, 5.41) is 2.97. The molecule has 0 aliphatic heterocycles. The van der Waals surface area contributed by atoms with Crippen LogP contribution in [-0.2, 0) is 4.79 Å². The van der Waals surface area contributed by atoms with E-state index >= 15 is 0 Å². The number of likely N-dealkylation sites (N-methyl/N-ethyl adjacent to an activating group) is 1. The van der Waals surface area contributed by atoms with Crippen LogP contribution >= 0.6 is 0 Å². The van der Waals surface area contributed by atoms with Crippen molar-refractivity contribution in [3.63, 3.8) is 0 Å². The summed E-state index contributed by atoms with van der Waals surface area (Å²) in [6, 6.07) is 21.8. The van der Waals surface area contributed by atoms with Crippen molar-refractivity contribution < 1.29 is 9.21 Å². The molecule has 1 atom stereocenters. The summed E-state index contributed by atoms with van der Waals surface area (Å²) in [4.78, 5) is 14.4. The zero-order chi connectivity index (χ0) is 17.6. The van der Waals surface area contributed by atoms with Gasteiger partial charge in [-0.05, 0) is 30.7 Å². The first-order valence-corrected chi connectivity index (χ1v) is 8.33. The summed E-state index contributed by atoms with van der Waals surface area (Å²) in [7, 11) is 1.93. The number of hydrogen-bond acceptors (Lipinski definition) is 3. The van der Waals surface area contributed by atoms with Crippen LogP contribution in [0.15, 0.2) is 77.4 Å². The predicted molar refractivity (Wildman–Crippen MR) is 100 cm³/mol. The Morgan fingerprint density at radius 3 is 2.48 bits per heavy atom. The van der Waals surface area contributed by atoms with E-state index in [2.05, 4.69) is 23.5 Å². The second kappa shape index (κ2) is 7.71. The van der Waals surface area contributed by atoms with Crippen LogP contribution in [0.4, 0.5) is 5.69 Å². The lowest BCUT2D eigenvalue weighted by atomic mass is 10.0. The average molecular weight is 334 g/mol. The fourth-order valence-corrected chi connectivity index (χ4v) is 2.86. The minimum Gasteiger partial charge on any atom is -0.467 e. The van der Waals surface area contributed by atoms with Gasteiger partial charge in [0.15, 0.2) is 0 Å².